The average Bonchev–Trinajstić information content (AvgIpc) is 2.61. The third kappa shape index (κ3) is 3.43. The van der Waals surface area contributed by atoms with Crippen molar-refractivity contribution in [2.24, 2.45) is 22.7 Å². The molecule has 1 saturated carbocycles. The molecule has 134 valence electrons. The predicted octanol–water partition coefficient (Wildman–Crippen LogP) is 3.78. The number of ether oxygens (including phenoxy) is 1. The molecule has 2 aliphatic rings. The van der Waals surface area contributed by atoms with Crippen molar-refractivity contribution in [2.75, 3.05) is 13.1 Å². The van der Waals surface area contributed by atoms with Gasteiger partial charge in [-0.1, -0.05) is 20.8 Å². The zero-order valence-electron chi connectivity index (χ0n) is 15.8. The molecular formula is C19H30N2O3. The fraction of sp³-hybridized carbons (Fsp3) is 0.842. The van der Waals surface area contributed by atoms with Gasteiger partial charge in [0.15, 0.2) is 5.78 Å². The lowest BCUT2D eigenvalue weighted by Crippen LogP contribution is -2.51. The minimum atomic E-state index is -0.533. The first-order valence-corrected chi connectivity index (χ1v) is 8.82. The summed E-state index contributed by atoms with van der Waals surface area (Å²) >= 11 is 0. The molecule has 1 aliphatic carbocycles. The number of hydrogen-bond acceptors (Lipinski definition) is 4. The van der Waals surface area contributed by atoms with E-state index in [1.54, 1.807) is 4.90 Å². The number of carbonyl (C=O) groups excluding carboxylic acids is 2. The molecule has 5 nitrogen and oxygen atoms in total. The van der Waals surface area contributed by atoms with Gasteiger partial charge in [0.25, 0.3) is 0 Å². The molecule has 0 radical (unpaired) electrons. The Morgan fingerprint density at radius 1 is 1.29 bits per heavy atom. The molecule has 0 aromatic heterocycles. The minimum absolute atomic E-state index is 0.0539. The van der Waals surface area contributed by atoms with Gasteiger partial charge in [-0.2, -0.15) is 5.26 Å². The van der Waals surface area contributed by atoms with Crippen LogP contribution in [0.2, 0.25) is 0 Å². The van der Waals surface area contributed by atoms with Gasteiger partial charge in [-0.25, -0.2) is 4.79 Å². The van der Waals surface area contributed by atoms with Gasteiger partial charge in [0.1, 0.15) is 11.5 Å². The van der Waals surface area contributed by atoms with Gasteiger partial charge in [0.2, 0.25) is 0 Å². The summed E-state index contributed by atoms with van der Waals surface area (Å²) in [5, 5.41) is 9.38. The molecule has 2 fully saturated rings. The van der Waals surface area contributed by atoms with Crippen LogP contribution in [0.15, 0.2) is 0 Å². The first kappa shape index (κ1) is 18.8. The van der Waals surface area contributed by atoms with Crippen molar-refractivity contribution in [3.63, 3.8) is 0 Å². The number of ketones is 1. The van der Waals surface area contributed by atoms with Crippen molar-refractivity contribution in [1.29, 1.82) is 5.26 Å². The summed E-state index contributed by atoms with van der Waals surface area (Å²) in [6, 6.07) is 2.20. The Hall–Kier alpha value is -1.57. The first-order chi connectivity index (χ1) is 10.9. The number of rotatable bonds is 0. The van der Waals surface area contributed by atoms with E-state index in [1.165, 1.54) is 0 Å². The third-order valence-electron chi connectivity index (χ3n) is 5.78. The van der Waals surface area contributed by atoms with Crippen molar-refractivity contribution < 1.29 is 14.3 Å². The third-order valence-corrected chi connectivity index (χ3v) is 5.78. The van der Waals surface area contributed by atoms with E-state index in [4.69, 9.17) is 4.74 Å². The molecule has 0 aromatic rings. The lowest BCUT2D eigenvalue weighted by atomic mass is 9.52. The normalized spacial score (nSPS) is 33.2. The van der Waals surface area contributed by atoms with Gasteiger partial charge in [0.05, 0.1) is 6.07 Å². The quantitative estimate of drug-likeness (QED) is 0.676. The van der Waals surface area contributed by atoms with E-state index in [1.807, 2.05) is 34.6 Å². The Balaban J connectivity index is 2.22. The highest BCUT2D eigenvalue weighted by molar-refractivity contribution is 5.89. The minimum Gasteiger partial charge on any atom is -0.444 e. The molecule has 1 amide bonds. The highest BCUT2D eigenvalue weighted by atomic mass is 16.6. The Morgan fingerprint density at radius 3 is 2.46 bits per heavy atom. The number of nitrogens with zero attached hydrogens (tertiary/aromatic N) is 2. The molecule has 0 N–H and O–H groups in total. The summed E-state index contributed by atoms with van der Waals surface area (Å²) in [6.07, 6.45) is 1.88. The molecule has 1 unspecified atom stereocenters. The van der Waals surface area contributed by atoms with Crippen LogP contribution in [-0.2, 0) is 9.53 Å². The summed E-state index contributed by atoms with van der Waals surface area (Å²) in [7, 11) is 0. The summed E-state index contributed by atoms with van der Waals surface area (Å²) in [6.45, 7) is 12.9. The van der Waals surface area contributed by atoms with E-state index >= 15 is 0 Å². The summed E-state index contributed by atoms with van der Waals surface area (Å²) in [5.74, 6) is -0.304. The van der Waals surface area contributed by atoms with Crippen LogP contribution in [0.3, 0.4) is 0 Å². The van der Waals surface area contributed by atoms with Crippen molar-refractivity contribution in [1.82, 2.24) is 4.90 Å². The number of Topliss-reactive ketones (excluding diaryl/α,β-unsaturated/α-hetero) is 1. The molecule has 1 saturated heterocycles. The maximum atomic E-state index is 12.7. The zero-order chi connectivity index (χ0) is 18.3. The van der Waals surface area contributed by atoms with Crippen LogP contribution in [-0.4, -0.2) is 35.5 Å². The molecule has 3 atom stereocenters. The van der Waals surface area contributed by atoms with Crippen molar-refractivity contribution in [2.45, 2.75) is 66.4 Å². The van der Waals surface area contributed by atoms with Crippen molar-refractivity contribution in [3.8, 4) is 6.07 Å². The molecule has 0 bridgehead atoms. The maximum Gasteiger partial charge on any atom is 0.410 e. The topological polar surface area (TPSA) is 70.4 Å². The van der Waals surface area contributed by atoms with E-state index in [2.05, 4.69) is 13.0 Å². The predicted molar refractivity (Wildman–Crippen MR) is 91.1 cm³/mol. The van der Waals surface area contributed by atoms with Crippen LogP contribution >= 0.6 is 0 Å². The van der Waals surface area contributed by atoms with Crippen LogP contribution in [0.25, 0.3) is 0 Å². The first-order valence-electron chi connectivity index (χ1n) is 8.82. The summed E-state index contributed by atoms with van der Waals surface area (Å²) < 4.78 is 5.50. The van der Waals surface area contributed by atoms with Gasteiger partial charge in [-0.05, 0) is 51.4 Å². The van der Waals surface area contributed by atoms with Crippen LogP contribution in [0.4, 0.5) is 4.79 Å². The lowest BCUT2D eigenvalue weighted by molar-refractivity contribution is -0.144. The van der Waals surface area contributed by atoms with E-state index in [0.717, 1.165) is 12.8 Å². The SMILES string of the molecule is CC(C)(C)OC(=O)N1CC[C@@H]2C(C)(C)C(=O)C(C#N)C[C@@]2(C)CC1. The second-order valence-corrected chi connectivity index (χ2v) is 9.18. The Kier molecular flexibility index (Phi) is 4.74. The van der Waals surface area contributed by atoms with Crippen molar-refractivity contribution >= 4 is 11.9 Å². The van der Waals surface area contributed by atoms with Gasteiger partial charge in [-0.15, -0.1) is 0 Å². The smallest absolute Gasteiger partial charge is 0.410 e. The van der Waals surface area contributed by atoms with Crippen LogP contribution in [0, 0.1) is 34.0 Å². The summed E-state index contributed by atoms with van der Waals surface area (Å²) in [5.41, 5.74) is -1.15. The maximum absolute atomic E-state index is 12.7. The van der Waals surface area contributed by atoms with Crippen LogP contribution in [0.1, 0.15) is 60.8 Å². The second-order valence-electron chi connectivity index (χ2n) is 9.18. The molecule has 24 heavy (non-hydrogen) atoms. The van der Waals surface area contributed by atoms with Crippen LogP contribution in [0.5, 0.6) is 0 Å². The van der Waals surface area contributed by atoms with E-state index in [9.17, 15) is 14.9 Å². The molecule has 1 aliphatic heterocycles. The lowest BCUT2D eigenvalue weighted by Gasteiger charge is -2.50. The molecule has 5 heteroatoms. The largest absolute Gasteiger partial charge is 0.444 e. The van der Waals surface area contributed by atoms with E-state index in [-0.39, 0.29) is 23.2 Å². The molecule has 2 rings (SSSR count). The standard InChI is InChI=1S/C19H30N2O3/c1-17(2,3)24-16(23)21-9-7-14-18(4,5)15(22)13(12-20)11-19(14,6)8-10-21/h13-14H,7-11H2,1-6H3/t13?,14-,19-/m1/s1. The Morgan fingerprint density at radius 2 is 1.92 bits per heavy atom. The molecule has 0 spiro atoms. The van der Waals surface area contributed by atoms with Gasteiger partial charge in [0, 0.05) is 18.5 Å². The number of nitriles is 1. The number of hydrogen-bond donors (Lipinski definition) is 0. The molecule has 0 aromatic carbocycles. The monoisotopic (exact) mass is 334 g/mol. The number of carbonyl (C=O) groups is 2. The number of amides is 1. The highest BCUT2D eigenvalue weighted by Gasteiger charge is 2.55. The van der Waals surface area contributed by atoms with Crippen LogP contribution < -0.4 is 0 Å². The van der Waals surface area contributed by atoms with Crippen molar-refractivity contribution in [3.05, 3.63) is 0 Å². The van der Waals surface area contributed by atoms with E-state index in [0.29, 0.717) is 19.5 Å². The number of likely N-dealkylation sites (tertiary alicyclic amines) is 1. The van der Waals surface area contributed by atoms with E-state index < -0.39 is 16.9 Å². The Bertz CT molecular complexity index is 570. The molecular weight excluding hydrogens is 304 g/mol. The van der Waals surface area contributed by atoms with Gasteiger partial charge >= 0.3 is 6.09 Å². The highest BCUT2D eigenvalue weighted by Crippen LogP contribution is 2.55. The fourth-order valence-electron chi connectivity index (χ4n) is 4.58. The average molecular weight is 334 g/mol. The van der Waals surface area contributed by atoms with Gasteiger partial charge in [-0.3, -0.25) is 4.79 Å². The molecule has 1 heterocycles. The fourth-order valence-corrected chi connectivity index (χ4v) is 4.58. The number of fused-ring (bicyclic) bond motifs is 1. The Labute approximate surface area is 145 Å². The summed E-state index contributed by atoms with van der Waals surface area (Å²) in [4.78, 5) is 26.8. The van der Waals surface area contributed by atoms with Gasteiger partial charge < -0.3 is 9.64 Å². The zero-order valence-corrected chi connectivity index (χ0v) is 15.8. The second kappa shape index (κ2) is 6.06.